The Kier molecular flexibility index (Phi) is 7.29. The lowest BCUT2D eigenvalue weighted by Gasteiger charge is -2.05. The smallest absolute Gasteiger partial charge is 0.150 e. The van der Waals surface area contributed by atoms with Crippen molar-refractivity contribution in [1.29, 1.82) is 0 Å². The molecule has 0 radical (unpaired) electrons. The molecule has 0 aliphatic heterocycles. The van der Waals surface area contributed by atoms with Crippen LogP contribution in [0.1, 0.15) is 45.7 Å². The molecular formula is C18H19ClO4. The van der Waals surface area contributed by atoms with Gasteiger partial charge in [-0.2, -0.15) is 0 Å². The van der Waals surface area contributed by atoms with Crippen LogP contribution in [0.5, 0.6) is 11.5 Å². The zero-order valence-electron chi connectivity index (χ0n) is 13.0. The summed E-state index contributed by atoms with van der Waals surface area (Å²) in [5, 5.41) is 18.5. The van der Waals surface area contributed by atoms with Crippen molar-refractivity contribution in [3.63, 3.8) is 0 Å². The Hall–Kier alpha value is -2.33. The predicted molar refractivity (Wildman–Crippen MR) is 90.8 cm³/mol. The van der Waals surface area contributed by atoms with Crippen molar-refractivity contribution in [3.8, 4) is 11.5 Å². The van der Waals surface area contributed by atoms with E-state index in [0.717, 1.165) is 24.6 Å². The Bertz CT molecular complexity index is 696. The molecule has 2 N–H and O–H groups in total. The molecule has 0 spiro atoms. The number of carbonyl (C=O) groups excluding carboxylic acids is 2. The number of halogens is 1. The molecule has 0 saturated heterocycles. The summed E-state index contributed by atoms with van der Waals surface area (Å²) in [6.45, 7) is 3.83. The van der Waals surface area contributed by atoms with Gasteiger partial charge in [0.2, 0.25) is 0 Å². The van der Waals surface area contributed by atoms with E-state index >= 15 is 0 Å². The summed E-state index contributed by atoms with van der Waals surface area (Å²) in [5.74, 6) is 0.242. The van der Waals surface area contributed by atoms with Crippen LogP contribution >= 0.6 is 11.6 Å². The summed E-state index contributed by atoms with van der Waals surface area (Å²) in [4.78, 5) is 20.9. The average Bonchev–Trinajstić information content (AvgIpc) is 2.57. The SMILES string of the molecule is CCc1c(C=O)ccc(O)c1Cl.CCc1cc(O)ccc1C=O. The molecule has 122 valence electrons. The van der Waals surface area contributed by atoms with E-state index in [2.05, 4.69) is 0 Å². The van der Waals surface area contributed by atoms with Crippen molar-refractivity contribution in [1.82, 2.24) is 0 Å². The molecule has 0 bridgehead atoms. The average molecular weight is 335 g/mol. The first kappa shape index (κ1) is 18.7. The predicted octanol–water partition coefficient (Wildman–Crippen LogP) is 4.19. The third-order valence-corrected chi connectivity index (χ3v) is 3.80. The molecule has 0 atom stereocenters. The molecule has 0 amide bonds. The highest BCUT2D eigenvalue weighted by molar-refractivity contribution is 6.33. The van der Waals surface area contributed by atoms with E-state index in [0.29, 0.717) is 23.1 Å². The van der Waals surface area contributed by atoms with E-state index in [9.17, 15) is 14.7 Å². The fourth-order valence-electron chi connectivity index (χ4n) is 2.11. The Morgan fingerprint density at radius 1 is 0.957 bits per heavy atom. The van der Waals surface area contributed by atoms with Crippen LogP contribution in [-0.4, -0.2) is 22.8 Å². The number of aldehydes is 2. The Labute approximate surface area is 140 Å². The zero-order valence-corrected chi connectivity index (χ0v) is 13.8. The van der Waals surface area contributed by atoms with Gasteiger partial charge in [-0.25, -0.2) is 0 Å². The minimum atomic E-state index is 0.0270. The van der Waals surface area contributed by atoms with Gasteiger partial charge in [-0.05, 0) is 54.3 Å². The van der Waals surface area contributed by atoms with Crippen LogP contribution in [0.15, 0.2) is 30.3 Å². The van der Waals surface area contributed by atoms with Crippen molar-refractivity contribution in [2.45, 2.75) is 26.7 Å². The third-order valence-electron chi connectivity index (χ3n) is 3.37. The first-order chi connectivity index (χ1) is 11.0. The summed E-state index contributed by atoms with van der Waals surface area (Å²) in [6, 6.07) is 7.74. The standard InChI is InChI=1S/C9H9ClO2.C9H10O2/c1-2-7-6(5-11)3-4-8(12)9(7)10;1-2-7-5-9(11)4-3-8(7)6-10/h3-5,12H,2H2,1H3;3-6,11H,2H2,1H3. The van der Waals surface area contributed by atoms with Crippen molar-refractivity contribution in [2.24, 2.45) is 0 Å². The molecule has 23 heavy (non-hydrogen) atoms. The van der Waals surface area contributed by atoms with Crippen molar-refractivity contribution in [2.75, 3.05) is 0 Å². The van der Waals surface area contributed by atoms with Crippen LogP contribution < -0.4 is 0 Å². The summed E-state index contributed by atoms with van der Waals surface area (Å²) >= 11 is 5.77. The van der Waals surface area contributed by atoms with E-state index in [-0.39, 0.29) is 16.5 Å². The number of aryl methyl sites for hydroxylation is 1. The van der Waals surface area contributed by atoms with Gasteiger partial charge in [0.05, 0.1) is 5.02 Å². The molecule has 0 aromatic heterocycles. The number of phenols is 2. The van der Waals surface area contributed by atoms with E-state index in [1.54, 1.807) is 18.2 Å². The number of aromatic hydroxyl groups is 2. The van der Waals surface area contributed by atoms with Gasteiger partial charge in [-0.1, -0.05) is 25.4 Å². The number of hydrogen-bond acceptors (Lipinski definition) is 4. The molecule has 5 heteroatoms. The summed E-state index contributed by atoms with van der Waals surface area (Å²) in [7, 11) is 0. The Morgan fingerprint density at radius 2 is 1.57 bits per heavy atom. The molecule has 2 aromatic carbocycles. The number of rotatable bonds is 4. The Morgan fingerprint density at radius 3 is 2.09 bits per heavy atom. The third kappa shape index (κ3) is 4.83. The molecule has 2 rings (SSSR count). The first-order valence-corrected chi connectivity index (χ1v) is 7.58. The quantitative estimate of drug-likeness (QED) is 0.822. The van der Waals surface area contributed by atoms with Gasteiger partial charge in [0, 0.05) is 11.1 Å². The van der Waals surface area contributed by atoms with Gasteiger partial charge < -0.3 is 10.2 Å². The number of benzene rings is 2. The Balaban J connectivity index is 0.000000231. The second kappa shape index (κ2) is 8.96. The molecule has 0 fully saturated rings. The van der Waals surface area contributed by atoms with E-state index in [1.165, 1.54) is 12.1 Å². The molecule has 0 aliphatic carbocycles. The van der Waals surface area contributed by atoms with Crippen molar-refractivity contribution in [3.05, 3.63) is 57.6 Å². The minimum Gasteiger partial charge on any atom is -0.508 e. The van der Waals surface area contributed by atoms with E-state index < -0.39 is 0 Å². The molecule has 0 heterocycles. The molecular weight excluding hydrogens is 316 g/mol. The van der Waals surface area contributed by atoms with E-state index in [1.807, 2.05) is 13.8 Å². The number of phenolic OH excluding ortho intramolecular Hbond substituents is 2. The van der Waals surface area contributed by atoms with E-state index in [4.69, 9.17) is 16.7 Å². The van der Waals surface area contributed by atoms with Gasteiger partial charge >= 0.3 is 0 Å². The zero-order chi connectivity index (χ0) is 17.4. The van der Waals surface area contributed by atoms with Crippen molar-refractivity contribution >= 4 is 24.2 Å². The van der Waals surface area contributed by atoms with Crippen LogP contribution in [0, 0.1) is 0 Å². The van der Waals surface area contributed by atoms with Crippen LogP contribution in [0.3, 0.4) is 0 Å². The van der Waals surface area contributed by atoms with Gasteiger partial charge in [-0.3, -0.25) is 9.59 Å². The van der Waals surface area contributed by atoms with Crippen LogP contribution in [0.25, 0.3) is 0 Å². The van der Waals surface area contributed by atoms with Gasteiger partial charge in [0.25, 0.3) is 0 Å². The van der Waals surface area contributed by atoms with Crippen LogP contribution in [0.2, 0.25) is 5.02 Å². The fraction of sp³-hybridized carbons (Fsp3) is 0.222. The monoisotopic (exact) mass is 334 g/mol. The molecule has 4 nitrogen and oxygen atoms in total. The lowest BCUT2D eigenvalue weighted by molar-refractivity contribution is 0.111. The lowest BCUT2D eigenvalue weighted by atomic mass is 10.1. The second-order valence-corrected chi connectivity index (χ2v) is 5.17. The van der Waals surface area contributed by atoms with Crippen LogP contribution in [0.4, 0.5) is 0 Å². The molecule has 0 saturated carbocycles. The summed E-state index contributed by atoms with van der Waals surface area (Å²) < 4.78 is 0. The highest BCUT2D eigenvalue weighted by Crippen LogP contribution is 2.29. The summed E-state index contributed by atoms with van der Waals surface area (Å²) in [6.07, 6.45) is 2.95. The number of carbonyl (C=O) groups is 2. The maximum absolute atomic E-state index is 10.5. The lowest BCUT2D eigenvalue weighted by Crippen LogP contribution is -1.91. The highest BCUT2D eigenvalue weighted by atomic mass is 35.5. The maximum atomic E-state index is 10.5. The molecule has 0 aliphatic rings. The van der Waals surface area contributed by atoms with Crippen molar-refractivity contribution < 1.29 is 19.8 Å². The first-order valence-electron chi connectivity index (χ1n) is 7.20. The maximum Gasteiger partial charge on any atom is 0.150 e. The van der Waals surface area contributed by atoms with Gasteiger partial charge in [0.1, 0.15) is 24.1 Å². The largest absolute Gasteiger partial charge is 0.508 e. The minimum absolute atomic E-state index is 0.0270. The van der Waals surface area contributed by atoms with Crippen LogP contribution in [-0.2, 0) is 12.8 Å². The topological polar surface area (TPSA) is 74.6 Å². The normalized spacial score (nSPS) is 9.70. The number of hydrogen-bond donors (Lipinski definition) is 2. The van der Waals surface area contributed by atoms with Gasteiger partial charge in [0.15, 0.2) is 0 Å². The molecule has 0 unspecified atom stereocenters. The molecule has 2 aromatic rings. The summed E-state index contributed by atoms with van der Waals surface area (Å²) in [5.41, 5.74) is 2.79. The fourth-order valence-corrected chi connectivity index (χ4v) is 2.41. The second-order valence-electron chi connectivity index (χ2n) is 4.79. The van der Waals surface area contributed by atoms with Gasteiger partial charge in [-0.15, -0.1) is 0 Å². The highest BCUT2D eigenvalue weighted by Gasteiger charge is 2.08.